The van der Waals surface area contributed by atoms with Gasteiger partial charge in [-0.05, 0) is 60.7 Å². The average molecular weight is 714 g/mol. The van der Waals surface area contributed by atoms with Crippen molar-refractivity contribution in [1.82, 2.24) is 25.2 Å². The van der Waals surface area contributed by atoms with E-state index in [9.17, 15) is 27.6 Å². The van der Waals surface area contributed by atoms with E-state index in [1.165, 1.54) is 11.0 Å². The van der Waals surface area contributed by atoms with Crippen LogP contribution in [-0.2, 0) is 29.1 Å². The van der Waals surface area contributed by atoms with Gasteiger partial charge < -0.3 is 29.7 Å². The smallest absolute Gasteiger partial charge is 0.407 e. The van der Waals surface area contributed by atoms with Crippen LogP contribution in [0.25, 0.3) is 10.8 Å². The number of nitrogens with zero attached hydrogens (tertiary/aromatic N) is 2. The van der Waals surface area contributed by atoms with E-state index in [-0.39, 0.29) is 26.0 Å². The van der Waals surface area contributed by atoms with E-state index in [0.717, 1.165) is 11.8 Å². The van der Waals surface area contributed by atoms with Crippen LogP contribution >= 0.6 is 0 Å². The van der Waals surface area contributed by atoms with Crippen LogP contribution in [0.1, 0.15) is 66.2 Å². The number of likely N-dealkylation sites (tertiary alicyclic amines) is 1. The summed E-state index contributed by atoms with van der Waals surface area (Å²) in [6.45, 7) is 11.2. The van der Waals surface area contributed by atoms with Crippen molar-refractivity contribution >= 4 is 44.6 Å². The lowest BCUT2D eigenvalue weighted by Crippen LogP contribution is -2.60. The lowest BCUT2D eigenvalue weighted by atomic mass is 9.85. The lowest BCUT2D eigenvalue weighted by Gasteiger charge is -2.35. The number of amides is 4. The molecule has 3 N–H and O–H groups in total. The Kier molecular flexibility index (Phi) is 10.7. The largest absolute Gasteiger partial charge is 0.497 e. The first-order valence-corrected chi connectivity index (χ1v) is 18.5. The summed E-state index contributed by atoms with van der Waals surface area (Å²) >= 11 is 0. The first-order chi connectivity index (χ1) is 23.6. The Balaban J connectivity index is 1.42. The van der Waals surface area contributed by atoms with Crippen LogP contribution in [-0.4, -0.2) is 91.4 Å². The molecule has 14 nitrogen and oxygen atoms in total. The number of unbranched alkanes of at least 4 members (excludes halogenated alkanes) is 1. The van der Waals surface area contributed by atoms with Gasteiger partial charge in [0.2, 0.25) is 27.7 Å². The van der Waals surface area contributed by atoms with Gasteiger partial charge in [-0.25, -0.2) is 18.2 Å². The van der Waals surface area contributed by atoms with Gasteiger partial charge in [-0.3, -0.25) is 19.1 Å². The summed E-state index contributed by atoms with van der Waals surface area (Å²) in [6.07, 6.45) is 4.20. The van der Waals surface area contributed by atoms with Gasteiger partial charge >= 0.3 is 6.09 Å². The van der Waals surface area contributed by atoms with Crippen molar-refractivity contribution < 1.29 is 41.8 Å². The van der Waals surface area contributed by atoms with E-state index in [0.29, 0.717) is 36.3 Å². The van der Waals surface area contributed by atoms with Gasteiger partial charge in [0.15, 0.2) is 0 Å². The number of nitrogens with one attached hydrogen (secondary N) is 3. The zero-order valence-corrected chi connectivity index (χ0v) is 30.0. The SMILES string of the molecule is C=C[C@@H]1C[C@]1(NC(=O)[C@@H]1C[C@@H](Oc2nccc3cc(OC)ccc23)CN1C(=O)[C@@H](NC(=O)OCCCC)C(C)(C)C)C(=O)NS(=O)(=O)C1CC1. The second-order valence-electron chi connectivity index (χ2n) is 14.3. The molecule has 3 fully saturated rings. The Labute approximate surface area is 292 Å². The van der Waals surface area contributed by atoms with Gasteiger partial charge in [-0.15, -0.1) is 6.58 Å². The van der Waals surface area contributed by atoms with Crippen molar-refractivity contribution in [3.63, 3.8) is 0 Å². The molecule has 2 saturated carbocycles. The number of rotatable bonds is 14. The van der Waals surface area contributed by atoms with E-state index in [1.54, 1.807) is 40.1 Å². The summed E-state index contributed by atoms with van der Waals surface area (Å²) in [5, 5.41) is 6.34. The molecule has 0 radical (unpaired) electrons. The number of carbonyl (C=O) groups is 4. The third kappa shape index (κ3) is 7.98. The molecule has 5 rings (SSSR count). The van der Waals surface area contributed by atoms with Gasteiger partial charge in [-0.1, -0.05) is 40.2 Å². The minimum atomic E-state index is -3.89. The average Bonchev–Trinajstić information content (AvgIpc) is 3.99. The Hall–Kier alpha value is -4.40. The van der Waals surface area contributed by atoms with Gasteiger partial charge in [0.1, 0.15) is 29.5 Å². The minimum absolute atomic E-state index is 0.0282. The van der Waals surface area contributed by atoms with E-state index >= 15 is 0 Å². The zero-order chi connectivity index (χ0) is 36.4. The number of pyridine rings is 1. The third-order valence-electron chi connectivity index (χ3n) is 9.42. The number of sulfonamides is 1. The minimum Gasteiger partial charge on any atom is -0.497 e. The number of benzene rings is 1. The lowest BCUT2D eigenvalue weighted by molar-refractivity contribution is -0.142. The molecule has 1 aliphatic heterocycles. The number of ether oxygens (including phenoxy) is 3. The number of aromatic nitrogens is 1. The Morgan fingerprint density at radius 3 is 2.54 bits per heavy atom. The molecule has 3 aliphatic rings. The Morgan fingerprint density at radius 2 is 1.92 bits per heavy atom. The number of fused-ring (bicyclic) bond motifs is 1. The third-order valence-corrected chi connectivity index (χ3v) is 11.2. The molecule has 50 heavy (non-hydrogen) atoms. The summed E-state index contributed by atoms with van der Waals surface area (Å²) in [4.78, 5) is 60.5. The standard InChI is InChI=1S/C35H47N5O9S/c1-7-9-16-48-33(44)37-28(34(3,4)5)31(42)40-20-24(49-30-26-13-10-23(47-6)17-21(26)14-15-36-30)18-27(40)29(41)38-35(19-22(35)8-2)32(43)39-50(45,46)25-11-12-25/h8,10,13-15,17,22,24-25,27-28H,2,7,9,11-12,16,18-20H2,1,3-6H3,(H,37,44)(H,38,41)(H,39,43)/t22-,24-,27+,28-,35-/m1/s1. The summed E-state index contributed by atoms with van der Waals surface area (Å²) in [6, 6.07) is 5.00. The molecule has 1 aromatic heterocycles. The van der Waals surface area contributed by atoms with Gasteiger partial charge in [0.05, 0.1) is 25.5 Å². The summed E-state index contributed by atoms with van der Waals surface area (Å²) in [5.41, 5.74) is -2.34. The van der Waals surface area contributed by atoms with Crippen LogP contribution in [0.5, 0.6) is 11.6 Å². The number of carbonyl (C=O) groups excluding carboxylic acids is 4. The van der Waals surface area contributed by atoms with E-state index in [4.69, 9.17) is 14.2 Å². The zero-order valence-electron chi connectivity index (χ0n) is 29.2. The highest BCUT2D eigenvalue weighted by molar-refractivity contribution is 7.91. The molecule has 0 bridgehead atoms. The Morgan fingerprint density at radius 1 is 1.18 bits per heavy atom. The second-order valence-corrected chi connectivity index (χ2v) is 16.3. The fourth-order valence-corrected chi connectivity index (χ4v) is 7.55. The van der Waals surface area contributed by atoms with Crippen molar-refractivity contribution in [2.75, 3.05) is 20.3 Å². The van der Waals surface area contributed by atoms with Crippen LogP contribution in [0, 0.1) is 11.3 Å². The van der Waals surface area contributed by atoms with E-state index in [1.807, 2.05) is 25.1 Å². The fraction of sp³-hybridized carbons (Fsp3) is 0.571. The van der Waals surface area contributed by atoms with Crippen molar-refractivity contribution in [3.8, 4) is 11.6 Å². The number of hydrogen-bond acceptors (Lipinski definition) is 10. The Bertz CT molecular complexity index is 1760. The molecule has 272 valence electrons. The quantitative estimate of drug-likeness (QED) is 0.194. The highest BCUT2D eigenvalue weighted by Gasteiger charge is 2.62. The second kappa shape index (κ2) is 14.4. The van der Waals surface area contributed by atoms with Crippen molar-refractivity contribution in [2.24, 2.45) is 11.3 Å². The van der Waals surface area contributed by atoms with Gasteiger partial charge in [0.25, 0.3) is 5.91 Å². The first-order valence-electron chi connectivity index (χ1n) is 17.0. The van der Waals surface area contributed by atoms with Crippen molar-refractivity contribution in [1.29, 1.82) is 0 Å². The maximum absolute atomic E-state index is 14.4. The highest BCUT2D eigenvalue weighted by atomic mass is 32.2. The molecule has 1 saturated heterocycles. The fourth-order valence-electron chi connectivity index (χ4n) is 6.18. The van der Waals surface area contributed by atoms with Crippen LogP contribution < -0.4 is 24.8 Å². The normalized spacial score (nSPS) is 23.8. The number of methoxy groups -OCH3 is 1. The molecule has 2 aromatic rings. The summed E-state index contributed by atoms with van der Waals surface area (Å²) < 4.78 is 44.4. The maximum atomic E-state index is 14.4. The monoisotopic (exact) mass is 713 g/mol. The van der Waals surface area contributed by atoms with Crippen LogP contribution in [0.3, 0.4) is 0 Å². The predicted octanol–water partition coefficient (Wildman–Crippen LogP) is 3.20. The molecule has 4 amide bonds. The van der Waals surface area contributed by atoms with Crippen molar-refractivity contribution in [3.05, 3.63) is 43.1 Å². The topological polar surface area (TPSA) is 182 Å². The number of hydrogen-bond donors (Lipinski definition) is 3. The van der Waals surface area contributed by atoms with Crippen LogP contribution in [0.2, 0.25) is 0 Å². The molecule has 2 heterocycles. The molecular weight excluding hydrogens is 666 g/mol. The van der Waals surface area contributed by atoms with Gasteiger partial charge in [0, 0.05) is 23.9 Å². The summed E-state index contributed by atoms with van der Waals surface area (Å²) in [5.74, 6) is -1.62. The van der Waals surface area contributed by atoms with E-state index in [2.05, 4.69) is 26.9 Å². The van der Waals surface area contributed by atoms with Crippen LogP contribution in [0.15, 0.2) is 43.1 Å². The molecule has 0 spiro atoms. The maximum Gasteiger partial charge on any atom is 0.407 e. The van der Waals surface area contributed by atoms with Crippen LogP contribution in [0.4, 0.5) is 4.79 Å². The molecule has 1 aromatic carbocycles. The highest BCUT2D eigenvalue weighted by Crippen LogP contribution is 2.45. The predicted molar refractivity (Wildman–Crippen MR) is 185 cm³/mol. The van der Waals surface area contributed by atoms with Crippen molar-refractivity contribution in [2.45, 2.75) is 95.2 Å². The van der Waals surface area contributed by atoms with E-state index < -0.39 is 74.1 Å². The molecule has 15 heteroatoms. The molecular formula is C35H47N5O9S. The molecule has 0 unspecified atom stereocenters. The molecule has 5 atom stereocenters. The summed E-state index contributed by atoms with van der Waals surface area (Å²) in [7, 11) is -2.32. The first kappa shape index (κ1) is 36.9. The molecule has 2 aliphatic carbocycles. The van der Waals surface area contributed by atoms with Gasteiger partial charge in [-0.2, -0.15) is 0 Å². The number of alkyl carbamates (subject to hydrolysis) is 1.